The van der Waals surface area contributed by atoms with Gasteiger partial charge in [0.1, 0.15) is 6.10 Å². The molecule has 1 saturated heterocycles. The molecule has 0 bridgehead atoms. The largest absolute Gasteiger partial charge is 0.479 e. The Hall–Kier alpha value is -1.02. The van der Waals surface area contributed by atoms with E-state index >= 15 is 0 Å². The van der Waals surface area contributed by atoms with Crippen molar-refractivity contribution in [1.82, 2.24) is 4.90 Å². The lowest BCUT2D eigenvalue weighted by molar-refractivity contribution is -0.145. The molecule has 2 atom stereocenters. The average Bonchev–Trinajstić information content (AvgIpc) is 2.79. The topological polar surface area (TPSA) is 113 Å². The zero-order valence-corrected chi connectivity index (χ0v) is 22.5. The van der Waals surface area contributed by atoms with Gasteiger partial charge in [-0.25, -0.2) is 4.79 Å². The molecule has 1 fully saturated rings. The molecule has 0 radical (unpaired) electrons. The van der Waals surface area contributed by atoms with Gasteiger partial charge in [0.05, 0.1) is 13.2 Å². The van der Waals surface area contributed by atoms with Gasteiger partial charge in [-0.2, -0.15) is 0 Å². The van der Waals surface area contributed by atoms with Gasteiger partial charge in [0.25, 0.3) is 0 Å². The number of carbonyl (C=O) groups is 2. The Labute approximate surface area is 208 Å². The second kappa shape index (κ2) is 20.2. The molecule has 7 nitrogen and oxygen atoms in total. The Balaban J connectivity index is 0.00000160. The number of morpholine rings is 1. The van der Waals surface area contributed by atoms with Crippen LogP contribution in [0, 0.1) is 5.92 Å². The normalized spacial score (nSPS) is 19.5. The summed E-state index contributed by atoms with van der Waals surface area (Å²) >= 11 is 0. The van der Waals surface area contributed by atoms with Gasteiger partial charge in [0, 0.05) is 13.0 Å². The number of rotatable bonds is 18. The van der Waals surface area contributed by atoms with Crippen molar-refractivity contribution in [3.05, 3.63) is 0 Å². The maximum atomic E-state index is 12.6. The van der Waals surface area contributed by atoms with Gasteiger partial charge >= 0.3 is 5.97 Å². The quantitative estimate of drug-likeness (QED) is 0.230. The van der Waals surface area contributed by atoms with E-state index in [1.54, 1.807) is 0 Å². The van der Waals surface area contributed by atoms with E-state index in [1.807, 2.05) is 0 Å². The lowest BCUT2D eigenvalue weighted by atomic mass is 9.97. The van der Waals surface area contributed by atoms with Gasteiger partial charge in [-0.3, -0.25) is 9.69 Å². The van der Waals surface area contributed by atoms with Gasteiger partial charge in [-0.05, 0) is 25.8 Å². The third-order valence-electron chi connectivity index (χ3n) is 6.55. The van der Waals surface area contributed by atoms with E-state index in [2.05, 4.69) is 25.7 Å². The fourth-order valence-electron chi connectivity index (χ4n) is 4.21. The third-order valence-corrected chi connectivity index (χ3v) is 6.55. The summed E-state index contributed by atoms with van der Waals surface area (Å²) in [4.78, 5) is 24.1. The van der Waals surface area contributed by atoms with E-state index in [4.69, 9.17) is 20.7 Å². The molecule has 0 aliphatic carbocycles. The highest BCUT2D eigenvalue weighted by Crippen LogP contribution is 2.19. The Morgan fingerprint density at radius 2 is 1.35 bits per heavy atom. The molecule has 0 aromatic rings. The second-order valence-electron chi connectivity index (χ2n) is 10.2. The number of nitrogens with zero attached hydrogens (tertiary/aromatic N) is 1. The summed E-state index contributed by atoms with van der Waals surface area (Å²) in [6.07, 6.45) is 16.6. The van der Waals surface area contributed by atoms with Crippen LogP contribution in [-0.2, 0) is 14.3 Å². The smallest absolute Gasteiger partial charge is 0.332 e. The van der Waals surface area contributed by atoms with Crippen LogP contribution in [0.15, 0.2) is 0 Å². The van der Waals surface area contributed by atoms with E-state index in [-0.39, 0.29) is 5.78 Å². The molecular weight excluding hydrogens is 432 g/mol. The number of hydrogen-bond acceptors (Lipinski definition) is 6. The SMILES string of the molecule is CC(O)C(=O)O.CCN1CCOCC1(N)C(=O)CCCCCCCCCCCCCCC(C)C. The van der Waals surface area contributed by atoms with Crippen LogP contribution >= 0.6 is 0 Å². The maximum Gasteiger partial charge on any atom is 0.332 e. The van der Waals surface area contributed by atoms with E-state index in [9.17, 15) is 9.59 Å². The van der Waals surface area contributed by atoms with Crippen molar-refractivity contribution in [2.75, 3.05) is 26.3 Å². The molecule has 4 N–H and O–H groups in total. The molecule has 0 aromatic carbocycles. The van der Waals surface area contributed by atoms with E-state index in [1.165, 1.54) is 77.6 Å². The fraction of sp³-hybridized carbons (Fsp3) is 0.926. The molecule has 34 heavy (non-hydrogen) atoms. The summed E-state index contributed by atoms with van der Waals surface area (Å²) in [5, 5.41) is 15.8. The zero-order chi connectivity index (χ0) is 25.8. The van der Waals surface area contributed by atoms with E-state index in [0.717, 1.165) is 31.8 Å². The van der Waals surface area contributed by atoms with Crippen molar-refractivity contribution in [2.45, 2.75) is 129 Å². The summed E-state index contributed by atoms with van der Waals surface area (Å²) in [6, 6.07) is 0. The maximum absolute atomic E-state index is 12.6. The number of hydrogen-bond donors (Lipinski definition) is 3. The summed E-state index contributed by atoms with van der Waals surface area (Å²) in [5.41, 5.74) is 5.48. The number of likely N-dealkylation sites (N-methyl/N-ethyl adjacent to an activating group) is 1. The first-order valence-electron chi connectivity index (χ1n) is 13.7. The van der Waals surface area contributed by atoms with Crippen molar-refractivity contribution >= 4 is 11.8 Å². The minimum atomic E-state index is -1.23. The van der Waals surface area contributed by atoms with Crippen LogP contribution < -0.4 is 5.73 Å². The van der Waals surface area contributed by atoms with Gasteiger partial charge < -0.3 is 20.7 Å². The first-order valence-corrected chi connectivity index (χ1v) is 13.7. The molecule has 0 aromatic heterocycles. The summed E-state index contributed by atoms with van der Waals surface area (Å²) in [6.45, 7) is 10.5. The number of carbonyl (C=O) groups excluding carboxylic acids is 1. The molecule has 0 amide bonds. The average molecular weight is 487 g/mol. The molecule has 2 unspecified atom stereocenters. The third kappa shape index (κ3) is 15.8. The number of aliphatic carboxylic acids is 1. The Morgan fingerprint density at radius 3 is 1.76 bits per heavy atom. The van der Waals surface area contributed by atoms with Gasteiger partial charge in [-0.1, -0.05) is 97.8 Å². The first kappa shape index (κ1) is 33.0. The molecule has 0 saturated carbocycles. The van der Waals surface area contributed by atoms with Gasteiger partial charge in [0.15, 0.2) is 11.4 Å². The second-order valence-corrected chi connectivity index (χ2v) is 10.2. The number of ketones is 1. The summed E-state index contributed by atoms with van der Waals surface area (Å²) in [7, 11) is 0. The van der Waals surface area contributed by atoms with Crippen molar-refractivity contribution < 1.29 is 24.5 Å². The van der Waals surface area contributed by atoms with Crippen LogP contribution in [0.25, 0.3) is 0 Å². The van der Waals surface area contributed by atoms with Crippen LogP contribution in [0.5, 0.6) is 0 Å². The van der Waals surface area contributed by atoms with Crippen LogP contribution in [0.2, 0.25) is 0 Å². The van der Waals surface area contributed by atoms with Crippen LogP contribution in [0.3, 0.4) is 0 Å². The number of Topliss-reactive ketones (excluding diaryl/α,β-unsaturated/α-hetero) is 1. The Kier molecular flexibility index (Phi) is 19.6. The number of aliphatic hydroxyl groups excluding tert-OH is 1. The number of nitrogens with two attached hydrogens (primary N) is 1. The monoisotopic (exact) mass is 486 g/mol. The predicted molar refractivity (Wildman–Crippen MR) is 139 cm³/mol. The standard InChI is InChI=1S/C24H48N2O2.C3H6O3/c1-4-26-19-20-28-21-24(26,25)23(27)18-16-14-12-10-8-6-5-7-9-11-13-15-17-22(2)3;1-2(4)3(5)6/h22H,4-21,25H2,1-3H3;2,4H,1H3,(H,5,6). The minimum Gasteiger partial charge on any atom is -0.479 e. The Bertz CT molecular complexity index is 527. The first-order chi connectivity index (χ1) is 16.1. The molecule has 1 aliphatic heterocycles. The fourth-order valence-corrected chi connectivity index (χ4v) is 4.21. The van der Waals surface area contributed by atoms with Crippen molar-refractivity contribution in [2.24, 2.45) is 11.7 Å². The highest BCUT2D eigenvalue weighted by Gasteiger charge is 2.41. The lowest BCUT2D eigenvalue weighted by Crippen LogP contribution is -2.67. The van der Waals surface area contributed by atoms with Gasteiger partial charge in [0.2, 0.25) is 0 Å². The highest BCUT2D eigenvalue weighted by molar-refractivity contribution is 5.88. The lowest BCUT2D eigenvalue weighted by Gasteiger charge is -2.42. The molecule has 1 rings (SSSR count). The van der Waals surface area contributed by atoms with Crippen LogP contribution in [-0.4, -0.2) is 64.9 Å². The number of ether oxygens (including phenoxy) is 1. The van der Waals surface area contributed by atoms with Crippen molar-refractivity contribution in [3.63, 3.8) is 0 Å². The predicted octanol–water partition coefficient (Wildman–Crippen LogP) is 5.13. The Morgan fingerprint density at radius 1 is 0.912 bits per heavy atom. The molecule has 0 spiro atoms. The molecule has 7 heteroatoms. The number of aliphatic hydroxyl groups is 1. The van der Waals surface area contributed by atoms with Crippen molar-refractivity contribution in [3.8, 4) is 0 Å². The molecule has 202 valence electrons. The van der Waals surface area contributed by atoms with Crippen molar-refractivity contribution in [1.29, 1.82) is 0 Å². The summed E-state index contributed by atoms with van der Waals surface area (Å²) in [5.74, 6) is -0.167. The molecule has 1 heterocycles. The van der Waals surface area contributed by atoms with Gasteiger partial charge in [-0.15, -0.1) is 0 Å². The minimum absolute atomic E-state index is 0.155. The highest BCUT2D eigenvalue weighted by atomic mass is 16.5. The zero-order valence-electron chi connectivity index (χ0n) is 22.5. The number of unbranched alkanes of at least 4 members (excludes halogenated alkanes) is 11. The van der Waals surface area contributed by atoms with E-state index < -0.39 is 17.7 Å². The van der Waals surface area contributed by atoms with Crippen LogP contribution in [0.4, 0.5) is 0 Å². The number of carboxylic acids is 1. The van der Waals surface area contributed by atoms with E-state index in [0.29, 0.717) is 19.6 Å². The van der Waals surface area contributed by atoms with Crippen LogP contribution in [0.1, 0.15) is 118 Å². The molecular formula is C27H54N2O5. The summed E-state index contributed by atoms with van der Waals surface area (Å²) < 4.78 is 5.48. The molecule has 1 aliphatic rings. The number of carboxylic acid groups (broad SMARTS) is 1.